The molecular formula is C12H21Cl2N5O2. The lowest BCUT2D eigenvalue weighted by atomic mass is 10.1. The average molecular weight is 338 g/mol. The highest BCUT2D eigenvalue weighted by Gasteiger charge is 2.37. The van der Waals surface area contributed by atoms with E-state index >= 15 is 0 Å². The second-order valence-electron chi connectivity index (χ2n) is 4.98. The minimum Gasteiger partial charge on any atom is -0.351 e. The summed E-state index contributed by atoms with van der Waals surface area (Å²) in [5.41, 5.74) is 5.24. The molecule has 120 valence electrons. The number of carbonyl (C=O) groups is 2. The maximum atomic E-state index is 12.3. The molecule has 2 fully saturated rings. The van der Waals surface area contributed by atoms with Gasteiger partial charge >= 0.3 is 0 Å². The number of halogens is 2. The minimum atomic E-state index is -0.308. The third kappa shape index (κ3) is 4.71. The van der Waals surface area contributed by atoms with Crippen LogP contribution >= 0.6 is 24.8 Å². The van der Waals surface area contributed by atoms with Crippen molar-refractivity contribution >= 4 is 36.6 Å². The molecule has 0 aromatic carbocycles. The largest absolute Gasteiger partial charge is 0.351 e. The zero-order valence-corrected chi connectivity index (χ0v) is 13.2. The fraction of sp³-hybridized carbons (Fsp3) is 0.750. The summed E-state index contributed by atoms with van der Waals surface area (Å²) in [6.07, 6.45) is 2.19. The molecule has 0 radical (unpaired) electrons. The quantitative estimate of drug-likeness (QED) is 0.621. The molecular weight excluding hydrogens is 317 g/mol. The summed E-state index contributed by atoms with van der Waals surface area (Å²) in [5.74, 6) is -0.246. The van der Waals surface area contributed by atoms with Gasteiger partial charge in [0.25, 0.3) is 0 Å². The van der Waals surface area contributed by atoms with Gasteiger partial charge in [0.05, 0.1) is 18.7 Å². The Bertz CT molecular complexity index is 415. The Kier molecular flexibility index (Phi) is 8.59. The predicted octanol–water partition coefficient (Wildman–Crippen LogP) is -0.850. The van der Waals surface area contributed by atoms with Crippen LogP contribution in [0.2, 0.25) is 0 Å². The van der Waals surface area contributed by atoms with E-state index < -0.39 is 0 Å². The maximum Gasteiger partial charge on any atom is 0.240 e. The van der Waals surface area contributed by atoms with Crippen LogP contribution in [0.1, 0.15) is 19.3 Å². The molecule has 0 spiro atoms. The van der Waals surface area contributed by atoms with E-state index in [-0.39, 0.29) is 61.3 Å². The first-order valence-corrected chi connectivity index (χ1v) is 6.58. The first-order valence-electron chi connectivity index (χ1n) is 6.58. The van der Waals surface area contributed by atoms with Crippen molar-refractivity contribution in [1.82, 2.24) is 15.5 Å². The Morgan fingerprint density at radius 2 is 2.14 bits per heavy atom. The standard InChI is InChI=1S/C12H19N5O2.2ClH/c13-5-9-2-1-3-17(9)12(19)10-4-8(7-15-10)16-11(18)6-14;;/h8-10,15H,1-4,6-7,14H2,(H,16,18);2*1H/t8-,9?,10-;;/m0../s1. The van der Waals surface area contributed by atoms with Crippen LogP contribution in [0.3, 0.4) is 0 Å². The second-order valence-corrected chi connectivity index (χ2v) is 4.98. The Labute approximate surface area is 136 Å². The average Bonchev–Trinajstić information content (AvgIpc) is 3.06. The monoisotopic (exact) mass is 337 g/mol. The lowest BCUT2D eigenvalue weighted by Crippen LogP contribution is -2.45. The van der Waals surface area contributed by atoms with Gasteiger partial charge in [0.2, 0.25) is 11.8 Å². The van der Waals surface area contributed by atoms with E-state index in [1.807, 2.05) is 0 Å². The Morgan fingerprint density at radius 1 is 1.43 bits per heavy atom. The summed E-state index contributed by atoms with van der Waals surface area (Å²) in [4.78, 5) is 25.1. The highest BCUT2D eigenvalue weighted by Crippen LogP contribution is 2.20. The molecule has 2 rings (SSSR count). The molecule has 3 atom stereocenters. The molecule has 2 amide bonds. The number of likely N-dealkylation sites (tertiary alicyclic amines) is 1. The number of rotatable bonds is 3. The van der Waals surface area contributed by atoms with Gasteiger partial charge in [-0.25, -0.2) is 0 Å². The van der Waals surface area contributed by atoms with Crippen LogP contribution < -0.4 is 16.4 Å². The lowest BCUT2D eigenvalue weighted by Gasteiger charge is -2.23. The third-order valence-electron chi connectivity index (χ3n) is 3.66. The number of amides is 2. The summed E-state index contributed by atoms with van der Waals surface area (Å²) in [7, 11) is 0. The first-order chi connectivity index (χ1) is 9.15. The van der Waals surface area contributed by atoms with Crippen molar-refractivity contribution in [1.29, 1.82) is 5.26 Å². The summed E-state index contributed by atoms with van der Waals surface area (Å²) >= 11 is 0. The molecule has 2 aliphatic rings. The fourth-order valence-corrected chi connectivity index (χ4v) is 2.69. The molecule has 2 heterocycles. The van der Waals surface area contributed by atoms with Crippen molar-refractivity contribution in [3.05, 3.63) is 0 Å². The molecule has 0 bridgehead atoms. The van der Waals surface area contributed by atoms with E-state index in [0.29, 0.717) is 19.5 Å². The highest BCUT2D eigenvalue weighted by atomic mass is 35.5. The van der Waals surface area contributed by atoms with Crippen molar-refractivity contribution < 1.29 is 9.59 Å². The van der Waals surface area contributed by atoms with Crippen LogP contribution in [0.25, 0.3) is 0 Å². The molecule has 7 nitrogen and oxygen atoms in total. The first kappa shape index (κ1) is 19.9. The Balaban J connectivity index is 0.00000200. The molecule has 21 heavy (non-hydrogen) atoms. The Hall–Kier alpha value is -1.07. The third-order valence-corrected chi connectivity index (χ3v) is 3.66. The summed E-state index contributed by atoms with van der Waals surface area (Å²) in [6.45, 7) is 1.17. The van der Waals surface area contributed by atoms with Crippen molar-refractivity contribution in [2.45, 2.75) is 37.4 Å². The summed E-state index contributed by atoms with van der Waals surface area (Å²) in [5, 5.41) is 14.9. The number of hydrogen-bond donors (Lipinski definition) is 3. The van der Waals surface area contributed by atoms with Gasteiger partial charge in [-0.1, -0.05) is 0 Å². The van der Waals surface area contributed by atoms with Crippen LogP contribution in [0.15, 0.2) is 0 Å². The zero-order chi connectivity index (χ0) is 13.8. The van der Waals surface area contributed by atoms with Gasteiger partial charge in [-0.05, 0) is 19.3 Å². The predicted molar refractivity (Wildman–Crippen MR) is 82.2 cm³/mol. The summed E-state index contributed by atoms with van der Waals surface area (Å²) in [6, 6.07) is 1.49. The van der Waals surface area contributed by atoms with Crippen LogP contribution in [-0.4, -0.2) is 54.5 Å². The minimum absolute atomic E-state index is 0. The van der Waals surface area contributed by atoms with Crippen molar-refractivity contribution in [2.24, 2.45) is 5.73 Å². The molecule has 0 aromatic heterocycles. The topological polar surface area (TPSA) is 111 Å². The number of nitrogens with zero attached hydrogens (tertiary/aromatic N) is 2. The number of hydrogen-bond acceptors (Lipinski definition) is 5. The molecule has 2 saturated heterocycles. The van der Waals surface area contributed by atoms with E-state index in [1.165, 1.54) is 0 Å². The van der Waals surface area contributed by atoms with Gasteiger partial charge in [-0.2, -0.15) is 5.26 Å². The highest BCUT2D eigenvalue weighted by molar-refractivity contribution is 5.85. The van der Waals surface area contributed by atoms with Crippen molar-refractivity contribution in [3.63, 3.8) is 0 Å². The molecule has 4 N–H and O–H groups in total. The van der Waals surface area contributed by atoms with Gasteiger partial charge in [-0.3, -0.25) is 9.59 Å². The van der Waals surface area contributed by atoms with Gasteiger partial charge in [0, 0.05) is 19.1 Å². The normalized spacial score (nSPS) is 27.2. The number of nitriles is 1. The molecule has 1 unspecified atom stereocenters. The zero-order valence-electron chi connectivity index (χ0n) is 11.6. The second kappa shape index (κ2) is 9.05. The van der Waals surface area contributed by atoms with Crippen LogP contribution in [-0.2, 0) is 9.59 Å². The summed E-state index contributed by atoms with van der Waals surface area (Å²) < 4.78 is 0. The fourth-order valence-electron chi connectivity index (χ4n) is 2.69. The van der Waals surface area contributed by atoms with Crippen LogP contribution in [0.4, 0.5) is 0 Å². The molecule has 0 aliphatic carbocycles. The van der Waals surface area contributed by atoms with Gasteiger partial charge in [0.1, 0.15) is 6.04 Å². The smallest absolute Gasteiger partial charge is 0.240 e. The van der Waals surface area contributed by atoms with Crippen molar-refractivity contribution in [2.75, 3.05) is 19.6 Å². The molecule has 0 aromatic rings. The van der Waals surface area contributed by atoms with Crippen LogP contribution in [0, 0.1) is 11.3 Å². The number of carbonyl (C=O) groups excluding carboxylic acids is 2. The van der Waals surface area contributed by atoms with Gasteiger partial charge in [-0.15, -0.1) is 24.8 Å². The molecule has 0 saturated carbocycles. The number of nitrogens with two attached hydrogens (primary N) is 1. The van der Waals surface area contributed by atoms with E-state index in [4.69, 9.17) is 11.0 Å². The lowest BCUT2D eigenvalue weighted by molar-refractivity contribution is -0.133. The van der Waals surface area contributed by atoms with Gasteiger partial charge in [0.15, 0.2) is 0 Å². The van der Waals surface area contributed by atoms with Crippen LogP contribution in [0.5, 0.6) is 0 Å². The van der Waals surface area contributed by atoms with Crippen molar-refractivity contribution in [3.8, 4) is 6.07 Å². The van der Waals surface area contributed by atoms with E-state index in [0.717, 1.165) is 12.8 Å². The van der Waals surface area contributed by atoms with E-state index in [2.05, 4.69) is 16.7 Å². The van der Waals surface area contributed by atoms with E-state index in [1.54, 1.807) is 4.90 Å². The number of nitrogens with one attached hydrogen (secondary N) is 2. The van der Waals surface area contributed by atoms with E-state index in [9.17, 15) is 9.59 Å². The SMILES string of the molecule is Cl.Cl.N#CC1CCCN1C(=O)[C@@H]1C[C@H](NC(=O)CN)CN1. The molecule has 2 aliphatic heterocycles. The molecule has 9 heteroatoms. The Morgan fingerprint density at radius 3 is 2.76 bits per heavy atom. The maximum absolute atomic E-state index is 12.3. The van der Waals surface area contributed by atoms with Gasteiger partial charge < -0.3 is 21.3 Å².